The Balaban J connectivity index is 2.01. The van der Waals surface area contributed by atoms with Gasteiger partial charge in [-0.25, -0.2) is 4.39 Å². The highest BCUT2D eigenvalue weighted by Gasteiger charge is 2.15. The lowest BCUT2D eigenvalue weighted by molar-refractivity contribution is 0.429. The molecule has 0 amide bonds. The second-order valence-electron chi connectivity index (χ2n) is 4.39. The number of rotatable bonds is 2. The van der Waals surface area contributed by atoms with Crippen molar-refractivity contribution in [3.8, 4) is 29.0 Å². The zero-order valence-electron chi connectivity index (χ0n) is 10.8. The zero-order chi connectivity index (χ0) is 15.0. The highest BCUT2D eigenvalue weighted by atomic mass is 79.9. The molecule has 5 nitrogen and oxygen atoms in total. The zero-order valence-corrected chi connectivity index (χ0v) is 12.4. The Morgan fingerprint density at radius 3 is 2.86 bits per heavy atom. The van der Waals surface area contributed by atoms with E-state index < -0.39 is 0 Å². The molecule has 0 saturated carbocycles. The maximum absolute atomic E-state index is 13.2. The van der Waals surface area contributed by atoms with Crippen LogP contribution >= 0.6 is 15.9 Å². The van der Waals surface area contributed by atoms with Gasteiger partial charge in [-0.15, -0.1) is 0 Å². The summed E-state index contributed by atoms with van der Waals surface area (Å²) in [5.74, 6) is 0.295. The van der Waals surface area contributed by atoms with Crippen molar-refractivity contribution in [3.05, 3.63) is 46.3 Å². The summed E-state index contributed by atoms with van der Waals surface area (Å²) in [5, 5.41) is 12.8. The number of nitrogens with zero attached hydrogens (tertiary/aromatic N) is 4. The van der Waals surface area contributed by atoms with Gasteiger partial charge in [0.05, 0.1) is 10.0 Å². The number of aryl methyl sites for hydroxylation is 1. The molecular formula is C14H8BrFN4O. The third-order valence-electron chi connectivity index (χ3n) is 2.96. The van der Waals surface area contributed by atoms with Crippen LogP contribution in [0.4, 0.5) is 4.39 Å². The minimum Gasteiger partial charge on any atom is -0.345 e. The summed E-state index contributed by atoms with van der Waals surface area (Å²) in [6.07, 6.45) is 1.67. The van der Waals surface area contributed by atoms with E-state index in [0.717, 1.165) is 0 Å². The highest BCUT2D eigenvalue weighted by Crippen LogP contribution is 2.26. The largest absolute Gasteiger partial charge is 0.345 e. The van der Waals surface area contributed by atoms with Gasteiger partial charge in [0.15, 0.2) is 0 Å². The van der Waals surface area contributed by atoms with Crippen molar-refractivity contribution < 1.29 is 8.91 Å². The van der Waals surface area contributed by atoms with Crippen LogP contribution in [-0.4, -0.2) is 14.7 Å². The quantitative estimate of drug-likeness (QED) is 0.711. The third kappa shape index (κ3) is 2.45. The van der Waals surface area contributed by atoms with Crippen molar-refractivity contribution in [2.45, 2.75) is 0 Å². The Morgan fingerprint density at radius 2 is 2.19 bits per heavy atom. The van der Waals surface area contributed by atoms with Crippen LogP contribution in [0.2, 0.25) is 0 Å². The van der Waals surface area contributed by atoms with Crippen LogP contribution in [-0.2, 0) is 7.05 Å². The van der Waals surface area contributed by atoms with Gasteiger partial charge < -0.3 is 9.09 Å². The summed E-state index contributed by atoms with van der Waals surface area (Å²) in [6, 6.07) is 8.19. The molecule has 0 atom stereocenters. The second-order valence-corrected chi connectivity index (χ2v) is 5.24. The van der Waals surface area contributed by atoms with Crippen molar-refractivity contribution in [3.63, 3.8) is 0 Å². The van der Waals surface area contributed by atoms with Crippen molar-refractivity contribution >= 4 is 15.9 Å². The fourth-order valence-electron chi connectivity index (χ4n) is 1.92. The van der Waals surface area contributed by atoms with E-state index >= 15 is 0 Å². The van der Waals surface area contributed by atoms with Gasteiger partial charge in [-0.05, 0) is 40.2 Å². The van der Waals surface area contributed by atoms with Crippen molar-refractivity contribution in [1.29, 1.82) is 5.26 Å². The Kier molecular flexibility index (Phi) is 3.31. The summed E-state index contributed by atoms with van der Waals surface area (Å²) < 4.78 is 20.5. The first-order valence-electron chi connectivity index (χ1n) is 5.94. The molecule has 3 rings (SSSR count). The summed E-state index contributed by atoms with van der Waals surface area (Å²) in [5.41, 5.74) is 1.79. The molecule has 2 heterocycles. The molecular weight excluding hydrogens is 339 g/mol. The molecule has 0 radical (unpaired) electrons. The van der Waals surface area contributed by atoms with E-state index in [1.54, 1.807) is 36.0 Å². The molecule has 104 valence electrons. The summed E-state index contributed by atoms with van der Waals surface area (Å²) in [6.45, 7) is 0. The van der Waals surface area contributed by atoms with E-state index in [-0.39, 0.29) is 5.82 Å². The minimum absolute atomic E-state index is 0.300. The smallest absolute Gasteiger partial charge is 0.274 e. The number of halogens is 2. The van der Waals surface area contributed by atoms with Gasteiger partial charge in [0.2, 0.25) is 5.82 Å². The van der Waals surface area contributed by atoms with Crippen LogP contribution in [0, 0.1) is 17.1 Å². The highest BCUT2D eigenvalue weighted by molar-refractivity contribution is 9.10. The first kappa shape index (κ1) is 13.5. The van der Waals surface area contributed by atoms with E-state index in [2.05, 4.69) is 32.1 Å². The van der Waals surface area contributed by atoms with E-state index in [1.807, 2.05) is 0 Å². The lowest BCUT2D eigenvalue weighted by atomic mass is 10.2. The molecule has 0 bridgehead atoms. The molecule has 0 aliphatic heterocycles. The summed E-state index contributed by atoms with van der Waals surface area (Å²) in [7, 11) is 1.79. The molecule has 3 aromatic rings. The average Bonchev–Trinajstić information content (AvgIpc) is 3.08. The van der Waals surface area contributed by atoms with Crippen molar-refractivity contribution in [1.82, 2.24) is 14.7 Å². The van der Waals surface area contributed by atoms with Crippen LogP contribution in [0.3, 0.4) is 0 Å². The fourth-order valence-corrected chi connectivity index (χ4v) is 2.30. The van der Waals surface area contributed by atoms with Gasteiger partial charge in [0.25, 0.3) is 5.89 Å². The molecule has 0 aliphatic carbocycles. The van der Waals surface area contributed by atoms with Gasteiger partial charge in [-0.3, -0.25) is 0 Å². The predicted molar refractivity (Wildman–Crippen MR) is 76.5 cm³/mol. The Labute approximate surface area is 127 Å². The molecule has 0 aliphatic rings. The van der Waals surface area contributed by atoms with Gasteiger partial charge in [0, 0.05) is 18.8 Å². The molecule has 2 aromatic heterocycles. The molecule has 0 N–H and O–H groups in total. The van der Waals surface area contributed by atoms with E-state index in [0.29, 0.717) is 33.0 Å². The summed E-state index contributed by atoms with van der Waals surface area (Å²) in [4.78, 5) is 4.28. The molecule has 21 heavy (non-hydrogen) atoms. The third-order valence-corrected chi connectivity index (χ3v) is 3.56. The van der Waals surface area contributed by atoms with Gasteiger partial charge in [0.1, 0.15) is 17.6 Å². The lowest BCUT2D eigenvalue weighted by Gasteiger charge is -1.97. The van der Waals surface area contributed by atoms with Gasteiger partial charge in [-0.2, -0.15) is 10.2 Å². The standard InChI is InChI=1S/C14H8BrFN4O/c1-20-7-8(6-17)4-12(20)14-18-13(19-21-14)9-2-3-11(16)10(15)5-9/h2-5,7H,1H3. The van der Waals surface area contributed by atoms with Crippen molar-refractivity contribution in [2.75, 3.05) is 0 Å². The number of benzene rings is 1. The van der Waals surface area contributed by atoms with Gasteiger partial charge in [-0.1, -0.05) is 5.16 Å². The van der Waals surface area contributed by atoms with Crippen LogP contribution in [0.5, 0.6) is 0 Å². The van der Waals surface area contributed by atoms with E-state index in [4.69, 9.17) is 9.78 Å². The van der Waals surface area contributed by atoms with Crippen LogP contribution < -0.4 is 0 Å². The first-order valence-corrected chi connectivity index (χ1v) is 6.74. The van der Waals surface area contributed by atoms with Gasteiger partial charge >= 0.3 is 0 Å². The van der Waals surface area contributed by atoms with E-state index in [9.17, 15) is 4.39 Å². The maximum atomic E-state index is 13.2. The molecule has 7 heteroatoms. The molecule has 0 spiro atoms. The molecule has 0 saturated heterocycles. The SMILES string of the molecule is Cn1cc(C#N)cc1-c1nc(-c2ccc(F)c(Br)c2)no1. The van der Waals surface area contributed by atoms with Crippen LogP contribution in [0.1, 0.15) is 5.56 Å². The van der Waals surface area contributed by atoms with Crippen LogP contribution in [0.15, 0.2) is 39.5 Å². The predicted octanol–water partition coefficient (Wildman–Crippen LogP) is 3.52. The normalized spacial score (nSPS) is 10.6. The number of hydrogen-bond acceptors (Lipinski definition) is 4. The fraction of sp³-hybridized carbons (Fsp3) is 0.0714. The lowest BCUT2D eigenvalue weighted by Crippen LogP contribution is -1.89. The Hall–Kier alpha value is -2.46. The Morgan fingerprint density at radius 1 is 1.38 bits per heavy atom. The summed E-state index contributed by atoms with van der Waals surface area (Å²) >= 11 is 3.12. The molecule has 0 fully saturated rings. The Bertz CT molecular complexity index is 862. The maximum Gasteiger partial charge on any atom is 0.274 e. The molecule has 1 aromatic carbocycles. The average molecular weight is 347 g/mol. The minimum atomic E-state index is -0.358. The van der Waals surface area contributed by atoms with E-state index in [1.165, 1.54) is 6.07 Å². The first-order chi connectivity index (χ1) is 10.1. The monoisotopic (exact) mass is 346 g/mol. The van der Waals surface area contributed by atoms with Crippen molar-refractivity contribution in [2.24, 2.45) is 7.05 Å². The number of nitriles is 1. The number of aromatic nitrogens is 3. The topological polar surface area (TPSA) is 67.6 Å². The molecule has 0 unspecified atom stereocenters. The van der Waals surface area contributed by atoms with Crippen LogP contribution in [0.25, 0.3) is 23.0 Å². The number of hydrogen-bond donors (Lipinski definition) is 0. The second kappa shape index (κ2) is 5.14.